The number of nitrogens with zero attached hydrogens (tertiary/aromatic N) is 2. The average molecular weight is 413 g/mol. The lowest BCUT2D eigenvalue weighted by Crippen LogP contribution is -2.34. The summed E-state index contributed by atoms with van der Waals surface area (Å²) in [5, 5.41) is 10.2. The second-order valence-corrected chi connectivity index (χ2v) is 8.02. The van der Waals surface area contributed by atoms with E-state index in [0.717, 1.165) is 21.8 Å². The Balaban J connectivity index is 1.33. The van der Waals surface area contributed by atoms with Gasteiger partial charge in [-0.05, 0) is 36.4 Å². The molecule has 0 radical (unpaired) electrons. The summed E-state index contributed by atoms with van der Waals surface area (Å²) in [5.41, 5.74) is 2.55. The lowest BCUT2D eigenvalue weighted by atomic mass is 10.2. The predicted octanol–water partition coefficient (Wildman–Crippen LogP) is 3.65. The van der Waals surface area contributed by atoms with Gasteiger partial charge in [0, 0.05) is 34.6 Å². The zero-order valence-electron chi connectivity index (χ0n) is 14.8. The Morgan fingerprint density at radius 3 is 2.82 bits per heavy atom. The summed E-state index contributed by atoms with van der Waals surface area (Å²) in [7, 11) is 0. The van der Waals surface area contributed by atoms with Gasteiger partial charge in [0.2, 0.25) is 11.8 Å². The molecule has 0 spiro atoms. The molecule has 28 heavy (non-hydrogen) atoms. The van der Waals surface area contributed by atoms with Gasteiger partial charge < -0.3 is 10.6 Å². The smallest absolute Gasteiger partial charge is 0.238 e. The zero-order chi connectivity index (χ0) is 19.5. The van der Waals surface area contributed by atoms with Crippen LogP contribution in [0.2, 0.25) is 5.02 Å². The minimum Gasteiger partial charge on any atom is -0.352 e. The van der Waals surface area contributed by atoms with Gasteiger partial charge in [0.25, 0.3) is 0 Å². The number of thioether (sulfide) groups is 1. The Hall–Kier alpha value is -2.77. The maximum absolute atomic E-state index is 12.3. The van der Waals surface area contributed by atoms with Gasteiger partial charge in [0.1, 0.15) is 0 Å². The number of carbonyl (C=O) groups excluding carboxylic acids is 2. The minimum absolute atomic E-state index is 0.121. The van der Waals surface area contributed by atoms with Gasteiger partial charge in [0.05, 0.1) is 22.8 Å². The number of hydrogen-bond donors (Lipinski definition) is 2. The summed E-state index contributed by atoms with van der Waals surface area (Å²) in [5.74, 6) is -0.319. The second-order valence-electron chi connectivity index (χ2n) is 6.34. The van der Waals surface area contributed by atoms with E-state index in [9.17, 15) is 9.59 Å². The van der Waals surface area contributed by atoms with E-state index in [2.05, 4.69) is 15.7 Å². The van der Waals surface area contributed by atoms with Crippen LogP contribution < -0.4 is 10.6 Å². The number of fused-ring (bicyclic) bond motifs is 1. The van der Waals surface area contributed by atoms with Crippen LogP contribution in [0.5, 0.6) is 0 Å². The number of nitrogens with one attached hydrogen (secondary N) is 2. The van der Waals surface area contributed by atoms with E-state index in [1.807, 2.05) is 42.6 Å². The van der Waals surface area contributed by atoms with Gasteiger partial charge in [-0.2, -0.15) is 5.10 Å². The first-order valence-corrected chi connectivity index (χ1v) is 9.97. The highest BCUT2D eigenvalue weighted by Gasteiger charge is 2.28. The fourth-order valence-corrected chi connectivity index (χ4v) is 4.09. The van der Waals surface area contributed by atoms with Crippen LogP contribution in [0, 0.1) is 0 Å². The fourth-order valence-electron chi connectivity index (χ4n) is 2.85. The van der Waals surface area contributed by atoms with Crippen molar-refractivity contribution in [2.75, 3.05) is 5.32 Å². The molecule has 2 aromatic carbocycles. The number of hydrogen-bond acceptors (Lipinski definition) is 4. The Morgan fingerprint density at radius 1 is 1.21 bits per heavy atom. The number of benzene rings is 2. The number of aromatic nitrogens is 2. The van der Waals surface area contributed by atoms with Crippen LogP contribution in [0.25, 0.3) is 5.69 Å². The molecule has 0 bridgehead atoms. The zero-order valence-corrected chi connectivity index (χ0v) is 16.3. The summed E-state index contributed by atoms with van der Waals surface area (Å²) in [4.78, 5) is 25.5. The van der Waals surface area contributed by atoms with E-state index in [0.29, 0.717) is 11.6 Å². The largest absolute Gasteiger partial charge is 0.352 e. The number of anilines is 1. The quantitative estimate of drug-likeness (QED) is 0.670. The van der Waals surface area contributed by atoms with Crippen molar-refractivity contribution in [3.8, 4) is 5.69 Å². The molecule has 0 aliphatic carbocycles. The van der Waals surface area contributed by atoms with E-state index < -0.39 is 5.25 Å². The first kappa shape index (κ1) is 18.6. The molecular weight excluding hydrogens is 396 g/mol. The van der Waals surface area contributed by atoms with Crippen LogP contribution in [-0.4, -0.2) is 26.8 Å². The van der Waals surface area contributed by atoms with Gasteiger partial charge in [-0.1, -0.05) is 23.7 Å². The van der Waals surface area contributed by atoms with Crippen molar-refractivity contribution in [3.05, 3.63) is 71.5 Å². The van der Waals surface area contributed by atoms with Crippen LogP contribution in [0.3, 0.4) is 0 Å². The topological polar surface area (TPSA) is 76.0 Å². The van der Waals surface area contributed by atoms with Crippen LogP contribution in [0.1, 0.15) is 12.0 Å². The third kappa shape index (κ3) is 4.21. The third-order valence-corrected chi connectivity index (χ3v) is 5.82. The molecular formula is C20H17ClN4O2S. The molecule has 4 rings (SSSR count). The van der Waals surface area contributed by atoms with Gasteiger partial charge in [-0.3, -0.25) is 9.59 Å². The van der Waals surface area contributed by atoms with Crippen LogP contribution in [-0.2, 0) is 16.1 Å². The van der Waals surface area contributed by atoms with E-state index >= 15 is 0 Å². The van der Waals surface area contributed by atoms with Gasteiger partial charge in [-0.25, -0.2) is 4.68 Å². The van der Waals surface area contributed by atoms with Crippen LogP contribution in [0.15, 0.2) is 65.8 Å². The molecule has 8 heteroatoms. The van der Waals surface area contributed by atoms with E-state index in [-0.39, 0.29) is 18.2 Å². The highest BCUT2D eigenvalue weighted by molar-refractivity contribution is 8.01. The molecule has 1 atom stereocenters. The van der Waals surface area contributed by atoms with Crippen molar-refractivity contribution >= 4 is 40.9 Å². The highest BCUT2D eigenvalue weighted by atomic mass is 35.5. The normalized spacial score (nSPS) is 15.6. The number of rotatable bonds is 5. The van der Waals surface area contributed by atoms with Crippen molar-refractivity contribution in [2.45, 2.75) is 23.1 Å². The molecule has 2 N–H and O–H groups in total. The average Bonchev–Trinajstić information content (AvgIpc) is 3.16. The highest BCUT2D eigenvalue weighted by Crippen LogP contribution is 2.36. The van der Waals surface area contributed by atoms with Gasteiger partial charge >= 0.3 is 0 Å². The molecule has 0 saturated heterocycles. The molecule has 1 aliphatic heterocycles. The maximum Gasteiger partial charge on any atom is 0.238 e. The number of halogens is 1. The Bertz CT molecular complexity index is 1020. The number of para-hydroxylation sites is 1. The fraction of sp³-hybridized carbons (Fsp3) is 0.150. The lowest BCUT2D eigenvalue weighted by Gasteiger charge is -2.23. The van der Waals surface area contributed by atoms with E-state index in [1.165, 1.54) is 11.8 Å². The maximum atomic E-state index is 12.3. The second kappa shape index (κ2) is 8.08. The standard InChI is InChI=1S/C20H17ClN4O2S/c21-14-5-7-15(8-6-14)25-12-13(11-23-25)10-22-19(26)9-18-20(27)24-16-3-1-2-4-17(16)28-18/h1-8,11-12,18H,9-10H2,(H,22,26)(H,24,27). The molecule has 142 valence electrons. The van der Waals surface area contributed by atoms with E-state index in [4.69, 9.17) is 11.6 Å². The summed E-state index contributed by atoms with van der Waals surface area (Å²) in [6, 6.07) is 14.9. The predicted molar refractivity (Wildman–Crippen MR) is 110 cm³/mol. The molecule has 1 aliphatic rings. The third-order valence-electron chi connectivity index (χ3n) is 4.29. The summed E-state index contributed by atoms with van der Waals surface area (Å²) < 4.78 is 1.72. The number of amides is 2. The summed E-state index contributed by atoms with van der Waals surface area (Å²) in [6.45, 7) is 0.349. The minimum atomic E-state index is -0.438. The van der Waals surface area contributed by atoms with Crippen LogP contribution in [0.4, 0.5) is 5.69 Å². The van der Waals surface area contributed by atoms with Crippen molar-refractivity contribution in [1.82, 2.24) is 15.1 Å². The van der Waals surface area contributed by atoms with Gasteiger partial charge in [0.15, 0.2) is 0 Å². The Morgan fingerprint density at radius 2 is 2.00 bits per heavy atom. The SMILES string of the molecule is O=C(CC1Sc2ccccc2NC1=O)NCc1cnn(-c2ccc(Cl)cc2)c1. The molecule has 3 aromatic rings. The monoisotopic (exact) mass is 412 g/mol. The molecule has 0 saturated carbocycles. The van der Waals surface area contributed by atoms with Crippen LogP contribution >= 0.6 is 23.4 Å². The Kier molecular flexibility index (Phi) is 5.36. The molecule has 0 fully saturated rings. The molecule has 2 heterocycles. The summed E-state index contributed by atoms with van der Waals surface area (Å²) >= 11 is 7.32. The van der Waals surface area contributed by atoms with E-state index in [1.54, 1.807) is 23.0 Å². The molecule has 6 nitrogen and oxygen atoms in total. The summed E-state index contributed by atoms with van der Waals surface area (Å²) in [6.07, 6.45) is 3.67. The van der Waals surface area contributed by atoms with Crippen molar-refractivity contribution in [1.29, 1.82) is 0 Å². The first-order valence-electron chi connectivity index (χ1n) is 8.71. The molecule has 1 unspecified atom stereocenters. The molecule has 2 amide bonds. The van der Waals surface area contributed by atoms with Crippen molar-refractivity contribution < 1.29 is 9.59 Å². The van der Waals surface area contributed by atoms with Crippen molar-refractivity contribution in [3.63, 3.8) is 0 Å². The Labute approximate surface area is 171 Å². The lowest BCUT2D eigenvalue weighted by molar-refractivity contribution is -0.124. The molecule has 1 aromatic heterocycles. The first-order chi connectivity index (χ1) is 13.6. The number of carbonyl (C=O) groups is 2. The van der Waals surface area contributed by atoms with Crippen molar-refractivity contribution in [2.24, 2.45) is 0 Å². The van der Waals surface area contributed by atoms with Gasteiger partial charge in [-0.15, -0.1) is 11.8 Å².